The molecule has 0 radical (unpaired) electrons. The van der Waals surface area contributed by atoms with Gasteiger partial charge in [0.1, 0.15) is 5.03 Å². The third-order valence-electron chi connectivity index (χ3n) is 4.13. The van der Waals surface area contributed by atoms with Gasteiger partial charge in [0.15, 0.2) is 0 Å². The third-order valence-corrected chi connectivity index (χ3v) is 5.18. The lowest BCUT2D eigenvalue weighted by Gasteiger charge is -2.13. The number of rotatable bonds is 4. The van der Waals surface area contributed by atoms with Gasteiger partial charge in [-0.1, -0.05) is 24.3 Å². The van der Waals surface area contributed by atoms with Gasteiger partial charge in [0.05, 0.1) is 27.9 Å². The average molecular weight is 349 g/mol. The fraction of sp³-hybridized carbons (Fsp3) is 0.158. The predicted molar refractivity (Wildman–Crippen MR) is 96.8 cm³/mol. The second-order valence-corrected chi connectivity index (χ2v) is 6.84. The van der Waals surface area contributed by atoms with E-state index in [4.69, 9.17) is 0 Å². The van der Waals surface area contributed by atoms with Crippen LogP contribution < -0.4 is 0 Å². The van der Waals surface area contributed by atoms with E-state index in [-0.39, 0.29) is 11.8 Å². The van der Waals surface area contributed by atoms with E-state index in [1.54, 1.807) is 24.3 Å². The number of fused-ring (bicyclic) bond motifs is 2. The minimum atomic E-state index is -0.220. The fourth-order valence-electron chi connectivity index (χ4n) is 2.88. The maximum absolute atomic E-state index is 12.4. The molecule has 1 aliphatic rings. The van der Waals surface area contributed by atoms with Gasteiger partial charge in [-0.05, 0) is 31.2 Å². The van der Waals surface area contributed by atoms with E-state index in [0.29, 0.717) is 23.4 Å². The summed E-state index contributed by atoms with van der Waals surface area (Å²) in [6, 6.07) is 14.7. The molecule has 0 N–H and O–H groups in total. The molecule has 0 atom stereocenters. The molecule has 0 fully saturated rings. The summed E-state index contributed by atoms with van der Waals surface area (Å²) < 4.78 is 0. The summed E-state index contributed by atoms with van der Waals surface area (Å²) in [4.78, 5) is 35.2. The molecular weight excluding hydrogens is 334 g/mol. The van der Waals surface area contributed by atoms with Crippen LogP contribution >= 0.6 is 11.8 Å². The van der Waals surface area contributed by atoms with Gasteiger partial charge in [-0.15, -0.1) is 11.8 Å². The molecule has 0 unspecified atom stereocenters. The number of benzene rings is 2. The summed E-state index contributed by atoms with van der Waals surface area (Å²) in [5.74, 6) is 0.143. The van der Waals surface area contributed by atoms with E-state index in [2.05, 4.69) is 9.97 Å². The average Bonchev–Trinajstić information content (AvgIpc) is 2.87. The van der Waals surface area contributed by atoms with Gasteiger partial charge in [-0.2, -0.15) is 0 Å². The second-order valence-electron chi connectivity index (χ2n) is 5.76. The van der Waals surface area contributed by atoms with Gasteiger partial charge in [0.25, 0.3) is 11.8 Å². The number of para-hydroxylation sites is 2. The van der Waals surface area contributed by atoms with E-state index in [1.807, 2.05) is 31.2 Å². The highest BCUT2D eigenvalue weighted by Crippen LogP contribution is 2.25. The van der Waals surface area contributed by atoms with Crippen molar-refractivity contribution in [1.29, 1.82) is 0 Å². The summed E-state index contributed by atoms with van der Waals surface area (Å²) in [5.41, 5.74) is 3.53. The molecule has 0 spiro atoms. The maximum Gasteiger partial charge on any atom is 0.261 e. The van der Waals surface area contributed by atoms with Crippen LogP contribution in [0.5, 0.6) is 0 Å². The molecule has 3 aromatic rings. The summed E-state index contributed by atoms with van der Waals surface area (Å²) >= 11 is 1.51. The molecule has 0 saturated heterocycles. The van der Waals surface area contributed by atoms with Crippen LogP contribution in [-0.4, -0.2) is 39.0 Å². The lowest BCUT2D eigenvalue weighted by atomic mass is 10.1. The minimum absolute atomic E-state index is 0.220. The second kappa shape index (κ2) is 6.29. The van der Waals surface area contributed by atoms with Crippen LogP contribution in [0, 0.1) is 6.92 Å². The Kier molecular flexibility index (Phi) is 3.97. The number of carbonyl (C=O) groups is 2. The van der Waals surface area contributed by atoms with Crippen molar-refractivity contribution in [2.45, 2.75) is 11.9 Å². The van der Waals surface area contributed by atoms with Gasteiger partial charge >= 0.3 is 0 Å². The largest absolute Gasteiger partial charge is 0.273 e. The number of nitrogens with zero attached hydrogens (tertiary/aromatic N) is 3. The monoisotopic (exact) mass is 349 g/mol. The van der Waals surface area contributed by atoms with Crippen LogP contribution in [0.4, 0.5) is 0 Å². The Morgan fingerprint density at radius 3 is 2.08 bits per heavy atom. The van der Waals surface area contributed by atoms with E-state index >= 15 is 0 Å². The zero-order valence-electron chi connectivity index (χ0n) is 13.6. The Bertz CT molecular complexity index is 968. The maximum atomic E-state index is 12.4. The molecule has 2 aromatic carbocycles. The summed E-state index contributed by atoms with van der Waals surface area (Å²) in [7, 11) is 0. The lowest BCUT2D eigenvalue weighted by molar-refractivity contribution is 0.0664. The van der Waals surface area contributed by atoms with Gasteiger partial charge < -0.3 is 0 Å². The molecule has 1 aromatic heterocycles. The third kappa shape index (κ3) is 2.78. The summed E-state index contributed by atoms with van der Waals surface area (Å²) in [6.45, 7) is 2.27. The number of carbonyl (C=O) groups excluding carboxylic acids is 2. The molecule has 0 saturated carbocycles. The van der Waals surface area contributed by atoms with Gasteiger partial charge in [0.2, 0.25) is 0 Å². The molecule has 2 heterocycles. The number of aromatic nitrogens is 2. The van der Waals surface area contributed by atoms with Crippen molar-refractivity contribution in [3.63, 3.8) is 0 Å². The van der Waals surface area contributed by atoms with Crippen LogP contribution in [0.3, 0.4) is 0 Å². The van der Waals surface area contributed by atoms with Crippen molar-refractivity contribution in [3.8, 4) is 0 Å². The number of hydrogen-bond donors (Lipinski definition) is 0. The molecule has 124 valence electrons. The summed E-state index contributed by atoms with van der Waals surface area (Å²) in [6.07, 6.45) is 0. The first-order valence-electron chi connectivity index (χ1n) is 7.96. The van der Waals surface area contributed by atoms with Gasteiger partial charge in [-0.3, -0.25) is 14.5 Å². The first kappa shape index (κ1) is 15.8. The van der Waals surface area contributed by atoms with Crippen molar-refractivity contribution in [2.24, 2.45) is 0 Å². The zero-order valence-corrected chi connectivity index (χ0v) is 14.4. The van der Waals surface area contributed by atoms with Crippen LogP contribution in [-0.2, 0) is 0 Å². The Hall–Kier alpha value is -2.73. The first-order valence-corrected chi connectivity index (χ1v) is 8.95. The molecule has 1 aliphatic heterocycles. The van der Waals surface area contributed by atoms with Gasteiger partial charge in [0, 0.05) is 12.3 Å². The highest BCUT2D eigenvalue weighted by atomic mass is 32.2. The Balaban J connectivity index is 1.48. The van der Waals surface area contributed by atoms with Crippen LogP contribution in [0.15, 0.2) is 53.6 Å². The van der Waals surface area contributed by atoms with E-state index in [1.165, 1.54) is 16.7 Å². The van der Waals surface area contributed by atoms with Crippen molar-refractivity contribution in [3.05, 3.63) is 65.4 Å². The standard InChI is InChI=1S/C19H15N3O2S/c1-12-17(21-16-9-5-4-8-15(16)20-12)25-11-10-22-18(23)13-6-2-3-7-14(13)19(22)24/h2-9H,10-11H2,1H3. The van der Waals surface area contributed by atoms with Crippen molar-refractivity contribution in [2.75, 3.05) is 12.3 Å². The molecule has 0 bridgehead atoms. The van der Waals surface area contributed by atoms with Crippen molar-refractivity contribution < 1.29 is 9.59 Å². The normalized spacial score (nSPS) is 13.6. The lowest BCUT2D eigenvalue weighted by Crippen LogP contribution is -2.31. The predicted octanol–water partition coefficient (Wildman–Crippen LogP) is 3.33. The first-order chi connectivity index (χ1) is 12.1. The Labute approximate surface area is 149 Å². The van der Waals surface area contributed by atoms with E-state index in [0.717, 1.165) is 21.8 Å². The molecule has 4 rings (SSSR count). The fourth-order valence-corrected chi connectivity index (χ4v) is 3.77. The molecule has 2 amide bonds. The molecule has 25 heavy (non-hydrogen) atoms. The highest BCUT2D eigenvalue weighted by molar-refractivity contribution is 7.99. The smallest absolute Gasteiger partial charge is 0.261 e. The Morgan fingerprint density at radius 1 is 0.880 bits per heavy atom. The quantitative estimate of drug-likeness (QED) is 0.534. The molecule has 6 heteroatoms. The molecular formula is C19H15N3O2S. The molecule has 0 aliphatic carbocycles. The topological polar surface area (TPSA) is 63.2 Å². The van der Waals surface area contributed by atoms with Crippen LogP contribution in [0.2, 0.25) is 0 Å². The highest BCUT2D eigenvalue weighted by Gasteiger charge is 2.34. The molecule has 5 nitrogen and oxygen atoms in total. The van der Waals surface area contributed by atoms with Crippen molar-refractivity contribution >= 4 is 34.6 Å². The number of thioether (sulfide) groups is 1. The van der Waals surface area contributed by atoms with E-state index in [9.17, 15) is 9.59 Å². The van der Waals surface area contributed by atoms with E-state index < -0.39 is 0 Å². The number of hydrogen-bond acceptors (Lipinski definition) is 5. The van der Waals surface area contributed by atoms with Crippen LogP contribution in [0.25, 0.3) is 11.0 Å². The number of aryl methyl sites for hydroxylation is 1. The SMILES string of the molecule is Cc1nc2ccccc2nc1SCCN1C(=O)c2ccccc2C1=O. The van der Waals surface area contributed by atoms with Crippen molar-refractivity contribution in [1.82, 2.24) is 14.9 Å². The van der Waals surface area contributed by atoms with Gasteiger partial charge in [-0.25, -0.2) is 9.97 Å². The zero-order chi connectivity index (χ0) is 17.4. The Morgan fingerprint density at radius 2 is 1.44 bits per heavy atom. The minimum Gasteiger partial charge on any atom is -0.273 e. The number of amides is 2. The number of imide groups is 1. The summed E-state index contributed by atoms with van der Waals surface area (Å²) in [5, 5.41) is 0.829. The van der Waals surface area contributed by atoms with Crippen LogP contribution in [0.1, 0.15) is 26.4 Å².